The van der Waals surface area contributed by atoms with E-state index in [4.69, 9.17) is 0 Å². The summed E-state index contributed by atoms with van der Waals surface area (Å²) in [5.41, 5.74) is 4.45. The highest BCUT2D eigenvalue weighted by Gasteiger charge is 2.15. The molecule has 4 nitrogen and oxygen atoms in total. The lowest BCUT2D eigenvalue weighted by molar-refractivity contribution is 0.0939. The van der Waals surface area contributed by atoms with E-state index < -0.39 is 0 Å². The van der Waals surface area contributed by atoms with Gasteiger partial charge in [-0.1, -0.05) is 12.1 Å². The second kappa shape index (κ2) is 6.16. The lowest BCUT2D eigenvalue weighted by Crippen LogP contribution is -2.27. The summed E-state index contributed by atoms with van der Waals surface area (Å²) >= 11 is 0. The predicted octanol–water partition coefficient (Wildman–Crippen LogP) is 3.74. The Kier molecular flexibility index (Phi) is 4.06. The van der Waals surface area contributed by atoms with Crippen LogP contribution in [0.3, 0.4) is 0 Å². The zero-order valence-electron chi connectivity index (χ0n) is 13.5. The van der Waals surface area contributed by atoms with E-state index in [1.54, 1.807) is 12.4 Å². The second-order valence-corrected chi connectivity index (χ2v) is 5.79. The molecule has 0 spiro atoms. The molecule has 4 heteroatoms. The van der Waals surface area contributed by atoms with Crippen LogP contribution in [-0.2, 0) is 0 Å². The van der Waals surface area contributed by atoms with Crippen molar-refractivity contribution in [1.82, 2.24) is 15.3 Å². The summed E-state index contributed by atoms with van der Waals surface area (Å²) in [6, 6.07) is 11.7. The topological polar surface area (TPSA) is 54.9 Å². The van der Waals surface area contributed by atoms with Gasteiger partial charge in [0.1, 0.15) is 0 Å². The van der Waals surface area contributed by atoms with Crippen molar-refractivity contribution < 1.29 is 4.79 Å². The molecule has 0 radical (unpaired) electrons. The predicted molar refractivity (Wildman–Crippen MR) is 91.3 cm³/mol. The minimum atomic E-state index is -0.109. The molecule has 23 heavy (non-hydrogen) atoms. The Balaban J connectivity index is 1.89. The molecule has 2 heterocycles. The van der Waals surface area contributed by atoms with Gasteiger partial charge in [0.2, 0.25) is 0 Å². The number of nitrogens with one attached hydrogen (secondary N) is 1. The third-order valence-electron chi connectivity index (χ3n) is 3.96. The number of hydrogen-bond donors (Lipinski definition) is 1. The Hall–Kier alpha value is -2.75. The monoisotopic (exact) mass is 305 g/mol. The molecular weight excluding hydrogens is 286 g/mol. The molecule has 0 aliphatic heterocycles. The molecule has 0 fully saturated rings. The number of carbonyl (C=O) groups excluding carboxylic acids is 1. The molecule has 116 valence electrons. The fourth-order valence-electron chi connectivity index (χ4n) is 2.61. The molecule has 0 saturated heterocycles. The average Bonchev–Trinajstić information content (AvgIpc) is 2.54. The van der Waals surface area contributed by atoms with Crippen molar-refractivity contribution in [3.05, 3.63) is 71.2 Å². The highest BCUT2D eigenvalue weighted by Crippen LogP contribution is 2.19. The van der Waals surface area contributed by atoms with Crippen LogP contribution in [-0.4, -0.2) is 15.9 Å². The minimum Gasteiger partial charge on any atom is -0.345 e. The van der Waals surface area contributed by atoms with Crippen LogP contribution >= 0.6 is 0 Å². The third kappa shape index (κ3) is 3.21. The van der Waals surface area contributed by atoms with E-state index in [1.165, 1.54) is 0 Å². The molecule has 1 N–H and O–H groups in total. The van der Waals surface area contributed by atoms with Crippen LogP contribution in [0.25, 0.3) is 10.9 Å². The Morgan fingerprint density at radius 2 is 1.83 bits per heavy atom. The Bertz CT molecular complexity index is 859. The van der Waals surface area contributed by atoms with Gasteiger partial charge in [0.25, 0.3) is 5.91 Å². The van der Waals surface area contributed by atoms with Crippen LogP contribution in [0.1, 0.15) is 40.1 Å². The maximum Gasteiger partial charge on any atom is 0.253 e. The number of rotatable bonds is 3. The van der Waals surface area contributed by atoms with E-state index in [9.17, 15) is 4.79 Å². The molecule has 1 unspecified atom stereocenters. The molecule has 0 saturated carbocycles. The summed E-state index contributed by atoms with van der Waals surface area (Å²) in [7, 11) is 0. The summed E-state index contributed by atoms with van der Waals surface area (Å²) in [6.45, 7) is 5.86. The molecular formula is C19H19N3O. The van der Waals surface area contributed by atoms with Crippen LogP contribution in [0.4, 0.5) is 0 Å². The molecule has 2 aromatic heterocycles. The average molecular weight is 305 g/mol. The lowest BCUT2D eigenvalue weighted by atomic mass is 10.1. The maximum absolute atomic E-state index is 12.6. The van der Waals surface area contributed by atoms with Crippen molar-refractivity contribution in [2.24, 2.45) is 0 Å². The highest BCUT2D eigenvalue weighted by molar-refractivity contribution is 5.98. The first-order chi connectivity index (χ1) is 11.0. The van der Waals surface area contributed by atoms with Crippen molar-refractivity contribution in [1.29, 1.82) is 0 Å². The molecule has 3 aromatic rings. The first-order valence-corrected chi connectivity index (χ1v) is 7.63. The van der Waals surface area contributed by atoms with Gasteiger partial charge >= 0.3 is 0 Å². The Morgan fingerprint density at radius 3 is 2.57 bits per heavy atom. The quantitative estimate of drug-likeness (QED) is 0.802. The number of carbonyl (C=O) groups is 1. The van der Waals surface area contributed by atoms with E-state index in [2.05, 4.69) is 15.3 Å². The molecule has 0 bridgehead atoms. The number of hydrogen-bond acceptors (Lipinski definition) is 3. The number of pyridine rings is 2. The smallest absolute Gasteiger partial charge is 0.253 e. The molecule has 1 atom stereocenters. The molecule has 1 aromatic carbocycles. The summed E-state index contributed by atoms with van der Waals surface area (Å²) in [5.74, 6) is -0.109. The Labute approximate surface area is 135 Å². The zero-order chi connectivity index (χ0) is 16.4. The molecule has 0 aliphatic rings. The first-order valence-electron chi connectivity index (χ1n) is 7.63. The van der Waals surface area contributed by atoms with Crippen molar-refractivity contribution in [3.63, 3.8) is 0 Å². The normalized spacial score (nSPS) is 12.1. The second-order valence-electron chi connectivity index (χ2n) is 5.79. The van der Waals surface area contributed by atoms with Crippen molar-refractivity contribution >= 4 is 16.8 Å². The minimum absolute atomic E-state index is 0.0846. The van der Waals surface area contributed by atoms with Crippen molar-refractivity contribution in [2.45, 2.75) is 26.8 Å². The number of benzene rings is 1. The van der Waals surface area contributed by atoms with Gasteiger partial charge in [-0.05, 0) is 56.2 Å². The van der Waals surface area contributed by atoms with Gasteiger partial charge in [-0.3, -0.25) is 14.8 Å². The number of aryl methyl sites for hydroxylation is 2. The van der Waals surface area contributed by atoms with Crippen LogP contribution in [0.5, 0.6) is 0 Å². The SMILES string of the molecule is Cc1ccc2cc(C(=O)NC(C)c3ccncc3)c(C)nc2c1. The van der Waals surface area contributed by atoms with Gasteiger partial charge < -0.3 is 5.32 Å². The summed E-state index contributed by atoms with van der Waals surface area (Å²) in [5, 5.41) is 4.00. The third-order valence-corrected chi connectivity index (χ3v) is 3.96. The highest BCUT2D eigenvalue weighted by atomic mass is 16.1. The van der Waals surface area contributed by atoms with Gasteiger partial charge in [-0.15, -0.1) is 0 Å². The number of fused-ring (bicyclic) bond motifs is 1. The number of amides is 1. The van der Waals surface area contributed by atoms with Crippen LogP contribution < -0.4 is 5.32 Å². The summed E-state index contributed by atoms with van der Waals surface area (Å²) in [6.07, 6.45) is 3.45. The molecule has 1 amide bonds. The van der Waals surface area contributed by atoms with Crippen LogP contribution in [0, 0.1) is 13.8 Å². The zero-order valence-corrected chi connectivity index (χ0v) is 13.5. The van der Waals surface area contributed by atoms with Crippen LogP contribution in [0.2, 0.25) is 0 Å². The fraction of sp³-hybridized carbons (Fsp3) is 0.211. The molecule has 0 aliphatic carbocycles. The summed E-state index contributed by atoms with van der Waals surface area (Å²) < 4.78 is 0. The van der Waals surface area contributed by atoms with E-state index in [0.717, 1.165) is 27.7 Å². The van der Waals surface area contributed by atoms with E-state index >= 15 is 0 Å². The van der Waals surface area contributed by atoms with Gasteiger partial charge in [0, 0.05) is 17.8 Å². The fourth-order valence-corrected chi connectivity index (χ4v) is 2.61. The van der Waals surface area contributed by atoms with Crippen molar-refractivity contribution in [3.8, 4) is 0 Å². The standard InChI is InChI=1S/C19H19N3O/c1-12-4-5-16-11-17(14(3)21-18(16)10-12)19(23)22-13(2)15-6-8-20-9-7-15/h4-11,13H,1-3H3,(H,22,23). The Morgan fingerprint density at radius 1 is 1.09 bits per heavy atom. The lowest BCUT2D eigenvalue weighted by Gasteiger charge is -2.15. The van der Waals surface area contributed by atoms with Gasteiger partial charge in [0.15, 0.2) is 0 Å². The van der Waals surface area contributed by atoms with E-state index in [0.29, 0.717) is 5.56 Å². The largest absolute Gasteiger partial charge is 0.345 e. The maximum atomic E-state index is 12.6. The van der Waals surface area contributed by atoms with Gasteiger partial charge in [-0.2, -0.15) is 0 Å². The summed E-state index contributed by atoms with van der Waals surface area (Å²) in [4.78, 5) is 21.2. The van der Waals surface area contributed by atoms with Crippen molar-refractivity contribution in [2.75, 3.05) is 0 Å². The van der Waals surface area contributed by atoms with Gasteiger partial charge in [0.05, 0.1) is 22.8 Å². The molecule has 3 rings (SSSR count). The van der Waals surface area contributed by atoms with E-state index in [-0.39, 0.29) is 11.9 Å². The number of nitrogens with zero attached hydrogens (tertiary/aromatic N) is 2. The van der Waals surface area contributed by atoms with Crippen LogP contribution in [0.15, 0.2) is 48.8 Å². The van der Waals surface area contributed by atoms with E-state index in [1.807, 2.05) is 57.2 Å². The first kappa shape index (κ1) is 15.2. The number of aromatic nitrogens is 2. The van der Waals surface area contributed by atoms with Gasteiger partial charge in [-0.25, -0.2) is 0 Å².